The largest absolute Gasteiger partial charge is 0.494 e. The van der Waals surface area contributed by atoms with E-state index in [1.165, 1.54) is 0 Å². The van der Waals surface area contributed by atoms with Gasteiger partial charge in [-0.15, -0.1) is 0 Å². The van der Waals surface area contributed by atoms with Gasteiger partial charge in [-0.3, -0.25) is 0 Å². The minimum atomic E-state index is -0.271. The summed E-state index contributed by atoms with van der Waals surface area (Å²) in [5.74, 6) is 0.811. The highest BCUT2D eigenvalue weighted by Crippen LogP contribution is 2.27. The van der Waals surface area contributed by atoms with Crippen LogP contribution in [0.5, 0.6) is 5.75 Å². The third-order valence-electron chi connectivity index (χ3n) is 2.54. The molecular formula is C12H15NO3. The van der Waals surface area contributed by atoms with Crippen LogP contribution in [0.3, 0.4) is 0 Å². The molecule has 1 aromatic rings. The summed E-state index contributed by atoms with van der Waals surface area (Å²) in [5, 5.41) is 0. The van der Waals surface area contributed by atoms with E-state index < -0.39 is 0 Å². The maximum Gasteiger partial charge on any atom is 0.410 e. The Hall–Kier alpha value is -1.71. The van der Waals surface area contributed by atoms with Gasteiger partial charge < -0.3 is 14.4 Å². The second kappa shape index (κ2) is 4.43. The number of hydrogen-bond acceptors (Lipinski definition) is 3. The van der Waals surface area contributed by atoms with E-state index in [0.29, 0.717) is 13.2 Å². The molecule has 4 nitrogen and oxygen atoms in total. The van der Waals surface area contributed by atoms with E-state index in [4.69, 9.17) is 9.47 Å². The van der Waals surface area contributed by atoms with Crippen molar-refractivity contribution in [1.29, 1.82) is 0 Å². The van der Waals surface area contributed by atoms with Crippen LogP contribution in [0.1, 0.15) is 18.6 Å². The Morgan fingerprint density at radius 3 is 3.00 bits per heavy atom. The summed E-state index contributed by atoms with van der Waals surface area (Å²) >= 11 is 0. The second-order valence-electron chi connectivity index (χ2n) is 3.76. The molecule has 4 heteroatoms. The smallest absolute Gasteiger partial charge is 0.410 e. The van der Waals surface area contributed by atoms with Crippen LogP contribution in [0.15, 0.2) is 24.3 Å². The van der Waals surface area contributed by atoms with Crippen molar-refractivity contribution in [2.45, 2.75) is 13.0 Å². The Morgan fingerprint density at radius 2 is 2.38 bits per heavy atom. The SMILES string of the molecule is CCOc1cccc(C2CN(C)C(=O)O2)c1. The maximum absolute atomic E-state index is 11.2. The molecule has 0 radical (unpaired) electrons. The van der Waals surface area contributed by atoms with Crippen LogP contribution >= 0.6 is 0 Å². The van der Waals surface area contributed by atoms with Gasteiger partial charge in [0.15, 0.2) is 0 Å². The van der Waals surface area contributed by atoms with E-state index >= 15 is 0 Å². The van der Waals surface area contributed by atoms with Crippen LogP contribution in [0.25, 0.3) is 0 Å². The quantitative estimate of drug-likeness (QED) is 0.785. The summed E-state index contributed by atoms with van der Waals surface area (Å²) in [4.78, 5) is 12.8. The van der Waals surface area contributed by atoms with E-state index in [2.05, 4.69) is 0 Å². The van der Waals surface area contributed by atoms with Gasteiger partial charge in [-0.25, -0.2) is 4.79 Å². The Morgan fingerprint density at radius 1 is 1.56 bits per heavy atom. The average molecular weight is 221 g/mol. The van der Waals surface area contributed by atoms with Crippen LogP contribution in [-0.4, -0.2) is 31.2 Å². The van der Waals surface area contributed by atoms with Gasteiger partial charge in [0, 0.05) is 7.05 Å². The van der Waals surface area contributed by atoms with E-state index in [-0.39, 0.29) is 12.2 Å². The van der Waals surface area contributed by atoms with Crippen molar-refractivity contribution in [1.82, 2.24) is 4.90 Å². The molecule has 1 saturated heterocycles. The molecule has 1 fully saturated rings. The lowest BCUT2D eigenvalue weighted by molar-refractivity contribution is 0.134. The second-order valence-corrected chi connectivity index (χ2v) is 3.76. The minimum absolute atomic E-state index is 0.182. The first-order chi connectivity index (χ1) is 7.70. The minimum Gasteiger partial charge on any atom is -0.494 e. The topological polar surface area (TPSA) is 38.8 Å². The standard InChI is InChI=1S/C12H15NO3/c1-3-15-10-6-4-5-9(7-10)11-8-13(2)12(14)16-11/h4-7,11H,3,8H2,1-2H3. The number of rotatable bonds is 3. The number of amides is 1. The molecule has 1 aliphatic rings. The number of benzene rings is 1. The van der Waals surface area contributed by atoms with Gasteiger partial charge >= 0.3 is 6.09 Å². The van der Waals surface area contributed by atoms with Gasteiger partial charge in [0.1, 0.15) is 11.9 Å². The predicted molar refractivity (Wildman–Crippen MR) is 59.5 cm³/mol. The first kappa shape index (κ1) is 10.8. The third kappa shape index (κ3) is 2.10. The number of hydrogen-bond donors (Lipinski definition) is 0. The average Bonchev–Trinajstić information content (AvgIpc) is 2.60. The molecule has 0 N–H and O–H groups in total. The van der Waals surface area contributed by atoms with Crippen molar-refractivity contribution < 1.29 is 14.3 Å². The Balaban J connectivity index is 2.15. The predicted octanol–water partition coefficient (Wildman–Crippen LogP) is 2.21. The van der Waals surface area contributed by atoms with Gasteiger partial charge in [0.05, 0.1) is 13.2 Å². The fourth-order valence-corrected chi connectivity index (χ4v) is 1.72. The number of nitrogens with zero attached hydrogens (tertiary/aromatic N) is 1. The molecule has 1 aromatic carbocycles. The molecule has 1 heterocycles. The van der Waals surface area contributed by atoms with Gasteiger partial charge in [-0.1, -0.05) is 12.1 Å². The number of ether oxygens (including phenoxy) is 2. The molecular weight excluding hydrogens is 206 g/mol. The summed E-state index contributed by atoms with van der Waals surface area (Å²) in [6, 6.07) is 7.67. The molecule has 86 valence electrons. The maximum atomic E-state index is 11.2. The van der Waals surface area contributed by atoms with Crippen molar-refractivity contribution in [3.8, 4) is 5.75 Å². The first-order valence-electron chi connectivity index (χ1n) is 5.35. The highest BCUT2D eigenvalue weighted by atomic mass is 16.6. The Labute approximate surface area is 94.8 Å². The summed E-state index contributed by atoms with van der Waals surface area (Å²) in [5.41, 5.74) is 0.976. The van der Waals surface area contributed by atoms with Crippen molar-refractivity contribution >= 4 is 6.09 Å². The first-order valence-corrected chi connectivity index (χ1v) is 5.35. The summed E-state index contributed by atoms with van der Waals surface area (Å²) in [7, 11) is 1.73. The number of cyclic esters (lactones) is 1. The molecule has 1 atom stereocenters. The van der Waals surface area contributed by atoms with E-state index in [1.807, 2.05) is 31.2 Å². The highest BCUT2D eigenvalue weighted by Gasteiger charge is 2.29. The van der Waals surface area contributed by atoms with E-state index in [1.54, 1.807) is 11.9 Å². The van der Waals surface area contributed by atoms with Crippen molar-refractivity contribution in [2.75, 3.05) is 20.2 Å². The monoisotopic (exact) mass is 221 g/mol. The number of likely N-dealkylation sites (N-methyl/N-ethyl adjacent to an activating group) is 1. The van der Waals surface area contributed by atoms with Gasteiger partial charge in [0.2, 0.25) is 0 Å². The molecule has 1 aliphatic heterocycles. The van der Waals surface area contributed by atoms with Crippen molar-refractivity contribution in [3.63, 3.8) is 0 Å². The van der Waals surface area contributed by atoms with Gasteiger partial charge in [0.25, 0.3) is 0 Å². The highest BCUT2D eigenvalue weighted by molar-refractivity contribution is 5.69. The van der Waals surface area contributed by atoms with Crippen LogP contribution in [0, 0.1) is 0 Å². The molecule has 2 rings (SSSR count). The Kier molecular flexibility index (Phi) is 2.99. The fraction of sp³-hybridized carbons (Fsp3) is 0.417. The molecule has 1 unspecified atom stereocenters. The van der Waals surface area contributed by atoms with E-state index in [0.717, 1.165) is 11.3 Å². The zero-order chi connectivity index (χ0) is 11.5. The van der Waals surface area contributed by atoms with Crippen LogP contribution in [-0.2, 0) is 4.74 Å². The molecule has 1 amide bonds. The van der Waals surface area contributed by atoms with E-state index in [9.17, 15) is 4.79 Å². The summed E-state index contributed by atoms with van der Waals surface area (Å²) in [6.07, 6.45) is -0.454. The van der Waals surface area contributed by atoms with Crippen molar-refractivity contribution in [2.24, 2.45) is 0 Å². The zero-order valence-corrected chi connectivity index (χ0v) is 9.47. The third-order valence-corrected chi connectivity index (χ3v) is 2.54. The molecule has 0 aromatic heterocycles. The molecule has 0 aliphatic carbocycles. The summed E-state index contributed by atoms with van der Waals surface area (Å²) < 4.78 is 10.6. The lowest BCUT2D eigenvalue weighted by Gasteiger charge is -2.10. The molecule has 16 heavy (non-hydrogen) atoms. The van der Waals surface area contributed by atoms with Gasteiger partial charge in [-0.05, 0) is 24.6 Å². The van der Waals surface area contributed by atoms with Crippen LogP contribution in [0.2, 0.25) is 0 Å². The molecule has 0 bridgehead atoms. The normalized spacial score (nSPS) is 19.8. The molecule has 0 spiro atoms. The summed E-state index contributed by atoms with van der Waals surface area (Å²) in [6.45, 7) is 3.16. The number of carbonyl (C=O) groups is 1. The Bertz CT molecular complexity index is 392. The number of carbonyl (C=O) groups excluding carboxylic acids is 1. The van der Waals surface area contributed by atoms with Gasteiger partial charge in [-0.2, -0.15) is 0 Å². The van der Waals surface area contributed by atoms with Crippen LogP contribution in [0.4, 0.5) is 4.79 Å². The fourth-order valence-electron chi connectivity index (χ4n) is 1.72. The van der Waals surface area contributed by atoms with Crippen molar-refractivity contribution in [3.05, 3.63) is 29.8 Å². The lowest BCUT2D eigenvalue weighted by atomic mass is 10.1. The lowest BCUT2D eigenvalue weighted by Crippen LogP contribution is -2.17. The molecule has 0 saturated carbocycles. The van der Waals surface area contributed by atoms with Crippen LogP contribution < -0.4 is 4.74 Å². The zero-order valence-electron chi connectivity index (χ0n) is 9.47.